The molecule has 2 atom stereocenters. The molecule has 1 aromatic carbocycles. The van der Waals surface area contributed by atoms with Crippen LogP contribution in [0.1, 0.15) is 52.1 Å². The molecule has 0 fully saturated rings. The van der Waals surface area contributed by atoms with Crippen LogP contribution in [0.3, 0.4) is 0 Å². The zero-order valence-electron chi connectivity index (χ0n) is 13.1. The Balaban J connectivity index is 3.27. The van der Waals surface area contributed by atoms with Crippen molar-refractivity contribution in [3.8, 4) is 0 Å². The number of ether oxygens (including phenoxy) is 1. The second kappa shape index (κ2) is 8.47. The molecule has 0 aliphatic carbocycles. The van der Waals surface area contributed by atoms with Crippen molar-refractivity contribution in [2.75, 3.05) is 13.2 Å². The first kappa shape index (κ1) is 18.9. The largest absolute Gasteiger partial charge is 0.374 e. The van der Waals surface area contributed by atoms with Gasteiger partial charge in [0.25, 0.3) is 0 Å². The summed E-state index contributed by atoms with van der Waals surface area (Å²) in [6.45, 7) is 9.48. The summed E-state index contributed by atoms with van der Waals surface area (Å²) in [5, 5.41) is 3.53. The fourth-order valence-corrected chi connectivity index (χ4v) is 2.90. The molecule has 1 aromatic rings. The topological polar surface area (TPSA) is 21.3 Å². The minimum absolute atomic E-state index is 0.116. The SMILES string of the molecule is CCCNC(c1ccc(Br)c(Cl)c1F)C(C)(CC)OCC. The highest BCUT2D eigenvalue weighted by Gasteiger charge is 2.36. The van der Waals surface area contributed by atoms with E-state index in [9.17, 15) is 4.39 Å². The Morgan fingerprint density at radius 1 is 1.38 bits per heavy atom. The Kier molecular flexibility index (Phi) is 7.62. The van der Waals surface area contributed by atoms with Crippen molar-refractivity contribution >= 4 is 27.5 Å². The van der Waals surface area contributed by atoms with Gasteiger partial charge >= 0.3 is 0 Å². The van der Waals surface area contributed by atoms with Gasteiger partial charge in [-0.2, -0.15) is 0 Å². The van der Waals surface area contributed by atoms with Gasteiger partial charge in [0.15, 0.2) is 0 Å². The molecule has 0 aliphatic heterocycles. The molecule has 1 N–H and O–H groups in total. The Labute approximate surface area is 140 Å². The van der Waals surface area contributed by atoms with E-state index in [2.05, 4.69) is 35.1 Å². The van der Waals surface area contributed by atoms with Gasteiger partial charge in [0.05, 0.1) is 16.7 Å². The first-order chi connectivity index (χ1) is 9.91. The summed E-state index contributed by atoms with van der Waals surface area (Å²) in [5.41, 5.74) is 0.0662. The van der Waals surface area contributed by atoms with E-state index in [1.165, 1.54) is 0 Å². The molecule has 0 radical (unpaired) electrons. The maximum atomic E-state index is 14.6. The molecule has 21 heavy (non-hydrogen) atoms. The predicted molar refractivity (Wildman–Crippen MR) is 90.5 cm³/mol. The van der Waals surface area contributed by atoms with Gasteiger partial charge in [-0.1, -0.05) is 31.5 Å². The Morgan fingerprint density at radius 2 is 2.05 bits per heavy atom. The van der Waals surface area contributed by atoms with E-state index in [0.29, 0.717) is 16.6 Å². The van der Waals surface area contributed by atoms with Crippen LogP contribution in [0, 0.1) is 5.82 Å². The number of nitrogens with one attached hydrogen (secondary N) is 1. The summed E-state index contributed by atoms with van der Waals surface area (Å²) in [6, 6.07) is 3.31. The first-order valence-electron chi connectivity index (χ1n) is 7.41. The van der Waals surface area contributed by atoms with Crippen LogP contribution in [0.15, 0.2) is 16.6 Å². The maximum Gasteiger partial charge on any atom is 0.147 e. The van der Waals surface area contributed by atoms with Crippen LogP contribution in [0.5, 0.6) is 0 Å². The molecule has 0 spiro atoms. The number of halogens is 3. The summed E-state index contributed by atoms with van der Waals surface area (Å²) in [7, 11) is 0. The highest BCUT2D eigenvalue weighted by molar-refractivity contribution is 9.10. The highest BCUT2D eigenvalue weighted by Crippen LogP contribution is 2.37. The molecular formula is C16H24BrClFNO. The molecule has 120 valence electrons. The molecule has 0 saturated heterocycles. The van der Waals surface area contributed by atoms with Gasteiger partial charge in [0.2, 0.25) is 0 Å². The minimum atomic E-state index is -0.484. The van der Waals surface area contributed by atoms with Gasteiger partial charge in [-0.05, 0) is 55.2 Å². The van der Waals surface area contributed by atoms with E-state index < -0.39 is 5.60 Å². The molecule has 5 heteroatoms. The van der Waals surface area contributed by atoms with Gasteiger partial charge in [-0.3, -0.25) is 0 Å². The van der Waals surface area contributed by atoms with E-state index in [4.69, 9.17) is 16.3 Å². The third-order valence-electron chi connectivity index (χ3n) is 3.76. The number of hydrogen-bond donors (Lipinski definition) is 1. The second-order valence-corrected chi connectivity index (χ2v) is 6.48. The molecule has 2 nitrogen and oxygen atoms in total. The summed E-state index contributed by atoms with van der Waals surface area (Å²) >= 11 is 9.30. The van der Waals surface area contributed by atoms with Crippen molar-refractivity contribution < 1.29 is 9.13 Å². The average Bonchev–Trinajstić information content (AvgIpc) is 2.47. The lowest BCUT2D eigenvalue weighted by molar-refractivity contribution is -0.0570. The van der Waals surface area contributed by atoms with Crippen LogP contribution in [-0.2, 0) is 4.74 Å². The fraction of sp³-hybridized carbons (Fsp3) is 0.625. The van der Waals surface area contributed by atoms with Gasteiger partial charge in [-0.15, -0.1) is 0 Å². The summed E-state index contributed by atoms with van der Waals surface area (Å²) < 4.78 is 21.1. The quantitative estimate of drug-likeness (QED) is 0.602. The van der Waals surface area contributed by atoms with Crippen molar-refractivity contribution in [3.05, 3.63) is 33.0 Å². The summed E-state index contributed by atoms with van der Waals surface area (Å²) in [6.07, 6.45) is 1.74. The van der Waals surface area contributed by atoms with Crippen molar-refractivity contribution in [1.82, 2.24) is 5.32 Å². The molecule has 0 bridgehead atoms. The third kappa shape index (κ3) is 4.41. The summed E-state index contributed by atoms with van der Waals surface area (Å²) in [5.74, 6) is -0.390. The van der Waals surface area contributed by atoms with Crippen LogP contribution in [0.25, 0.3) is 0 Å². The van der Waals surface area contributed by atoms with E-state index in [1.807, 2.05) is 13.8 Å². The van der Waals surface area contributed by atoms with Gasteiger partial charge < -0.3 is 10.1 Å². The van der Waals surface area contributed by atoms with Crippen molar-refractivity contribution in [1.29, 1.82) is 0 Å². The lowest BCUT2D eigenvalue weighted by atomic mass is 9.87. The average molecular weight is 381 g/mol. The van der Waals surface area contributed by atoms with E-state index in [-0.39, 0.29) is 16.9 Å². The molecule has 0 saturated carbocycles. The van der Waals surface area contributed by atoms with Crippen molar-refractivity contribution in [2.24, 2.45) is 0 Å². The predicted octanol–water partition coefficient (Wildman–Crippen LogP) is 5.49. The molecule has 1 rings (SSSR count). The zero-order chi connectivity index (χ0) is 16.0. The third-order valence-corrected chi connectivity index (χ3v) is 5.02. The standard InChI is InChI=1S/C16H24BrClFNO/c1-5-10-20-15(16(4,6-2)21-7-3)11-8-9-12(17)13(18)14(11)19/h8-9,15,20H,5-7,10H2,1-4H3. The Bertz CT molecular complexity index is 472. The number of hydrogen-bond acceptors (Lipinski definition) is 2. The number of rotatable bonds is 8. The van der Waals surface area contributed by atoms with Gasteiger partial charge in [0, 0.05) is 16.6 Å². The number of benzene rings is 1. The van der Waals surface area contributed by atoms with Crippen LogP contribution in [0.4, 0.5) is 4.39 Å². The molecular weight excluding hydrogens is 357 g/mol. The zero-order valence-corrected chi connectivity index (χ0v) is 15.4. The van der Waals surface area contributed by atoms with Crippen molar-refractivity contribution in [2.45, 2.75) is 52.2 Å². The molecule has 0 amide bonds. The van der Waals surface area contributed by atoms with E-state index in [1.54, 1.807) is 12.1 Å². The lowest BCUT2D eigenvalue weighted by Crippen LogP contribution is -2.44. The summed E-state index contributed by atoms with van der Waals surface area (Å²) in [4.78, 5) is 0. The lowest BCUT2D eigenvalue weighted by Gasteiger charge is -2.38. The maximum absolute atomic E-state index is 14.6. The molecule has 2 unspecified atom stereocenters. The van der Waals surface area contributed by atoms with Crippen molar-refractivity contribution in [3.63, 3.8) is 0 Å². The van der Waals surface area contributed by atoms with E-state index >= 15 is 0 Å². The van der Waals surface area contributed by atoms with E-state index in [0.717, 1.165) is 19.4 Å². The monoisotopic (exact) mass is 379 g/mol. The molecule has 0 heterocycles. The normalized spacial score (nSPS) is 15.8. The fourth-order valence-electron chi connectivity index (χ4n) is 2.43. The van der Waals surface area contributed by atoms with Gasteiger partial charge in [0.1, 0.15) is 5.82 Å². The van der Waals surface area contributed by atoms with Crippen LogP contribution < -0.4 is 5.32 Å². The molecule has 0 aliphatic rings. The molecule has 0 aromatic heterocycles. The van der Waals surface area contributed by atoms with Crippen LogP contribution in [0.2, 0.25) is 5.02 Å². The Hall–Kier alpha value is -0.160. The highest BCUT2D eigenvalue weighted by atomic mass is 79.9. The Morgan fingerprint density at radius 3 is 2.57 bits per heavy atom. The van der Waals surface area contributed by atoms with Crippen LogP contribution >= 0.6 is 27.5 Å². The minimum Gasteiger partial charge on any atom is -0.374 e. The second-order valence-electron chi connectivity index (χ2n) is 5.25. The smallest absolute Gasteiger partial charge is 0.147 e. The van der Waals surface area contributed by atoms with Gasteiger partial charge in [-0.25, -0.2) is 4.39 Å². The first-order valence-corrected chi connectivity index (χ1v) is 8.59. The van der Waals surface area contributed by atoms with Crippen LogP contribution in [-0.4, -0.2) is 18.8 Å².